The number of hydrogen-bond donors (Lipinski definition) is 0. The van der Waals surface area contributed by atoms with E-state index in [-0.39, 0.29) is 47.5 Å². The molecule has 7 nitrogen and oxygen atoms in total. The first kappa shape index (κ1) is 22.1. The Hall–Kier alpha value is 0.780. The molecule has 110 valence electrons. The van der Waals surface area contributed by atoms with Gasteiger partial charge in [0.1, 0.15) is 0 Å². The third-order valence-corrected chi connectivity index (χ3v) is 4.21. The summed E-state index contributed by atoms with van der Waals surface area (Å²) in [6, 6.07) is 0. The molecular formula is C9H19NaO7S2. The van der Waals surface area contributed by atoms with E-state index < -0.39 is 20.2 Å². The summed E-state index contributed by atoms with van der Waals surface area (Å²) in [5.41, 5.74) is 0. The van der Waals surface area contributed by atoms with Crippen LogP contribution >= 0.6 is 0 Å². The van der Waals surface area contributed by atoms with Crippen LogP contribution in [0.15, 0.2) is 0 Å². The molecule has 0 amide bonds. The van der Waals surface area contributed by atoms with E-state index in [1.54, 1.807) is 0 Å². The quantitative estimate of drug-likeness (QED) is 0.173. The van der Waals surface area contributed by atoms with Crippen molar-refractivity contribution < 1.29 is 59.9 Å². The zero-order valence-corrected chi connectivity index (χ0v) is 15.0. The molecule has 0 aliphatic carbocycles. The summed E-state index contributed by atoms with van der Waals surface area (Å²) in [5.74, 6) is -0.413. The number of ether oxygens (including phenoxy) is 1. The smallest absolute Gasteiger partial charge is 0.748 e. The zero-order chi connectivity index (χ0) is 14.1. The average Bonchev–Trinajstić information content (AvgIpc) is 2.25. The van der Waals surface area contributed by atoms with E-state index in [9.17, 15) is 21.4 Å². The number of hydrogen-bond acceptors (Lipinski definition) is 7. The third kappa shape index (κ3) is 16.7. The first-order valence-corrected chi connectivity index (χ1v) is 8.72. The summed E-state index contributed by atoms with van der Waals surface area (Å²) in [6.07, 6.45) is 1.81. The van der Waals surface area contributed by atoms with Crippen molar-refractivity contribution in [3.05, 3.63) is 0 Å². The maximum absolute atomic E-state index is 10.9. The fourth-order valence-corrected chi connectivity index (χ4v) is 2.43. The van der Waals surface area contributed by atoms with Gasteiger partial charge in [-0.15, -0.1) is 0 Å². The second-order valence-electron chi connectivity index (χ2n) is 3.72. The van der Waals surface area contributed by atoms with Crippen LogP contribution in [0.1, 0.15) is 25.7 Å². The van der Waals surface area contributed by atoms with Gasteiger partial charge in [0.2, 0.25) is 0 Å². The van der Waals surface area contributed by atoms with Crippen molar-refractivity contribution in [2.45, 2.75) is 25.7 Å². The van der Waals surface area contributed by atoms with Gasteiger partial charge in [0.15, 0.2) is 0 Å². The second kappa shape index (κ2) is 11.4. The Labute approximate surface area is 137 Å². The molecule has 0 aromatic carbocycles. The maximum Gasteiger partial charge on any atom is 1.00 e. The van der Waals surface area contributed by atoms with Crippen molar-refractivity contribution in [1.29, 1.82) is 0 Å². The van der Waals surface area contributed by atoms with Crippen molar-refractivity contribution in [1.82, 2.24) is 0 Å². The van der Waals surface area contributed by atoms with E-state index in [1.807, 2.05) is 0 Å². The van der Waals surface area contributed by atoms with E-state index in [2.05, 4.69) is 4.18 Å². The van der Waals surface area contributed by atoms with Gasteiger partial charge in [-0.25, -0.2) is 8.42 Å². The van der Waals surface area contributed by atoms with Crippen LogP contribution in [0.2, 0.25) is 0 Å². The molecule has 19 heavy (non-hydrogen) atoms. The van der Waals surface area contributed by atoms with Crippen LogP contribution < -0.4 is 29.6 Å². The first-order chi connectivity index (χ1) is 8.27. The maximum atomic E-state index is 10.9. The van der Waals surface area contributed by atoms with Gasteiger partial charge in [-0.2, -0.15) is 8.42 Å². The van der Waals surface area contributed by atoms with Crippen LogP contribution in [-0.2, 0) is 29.2 Å². The van der Waals surface area contributed by atoms with Crippen LogP contribution in [0.25, 0.3) is 0 Å². The van der Waals surface area contributed by atoms with E-state index >= 15 is 0 Å². The summed E-state index contributed by atoms with van der Waals surface area (Å²) >= 11 is 0. The molecule has 0 aromatic rings. The minimum absolute atomic E-state index is 0. The topological polar surface area (TPSA) is 110 Å². The number of rotatable bonds is 11. The SMILES string of the molecule is COS(=O)(=O)CCCCOCCCCS(=O)(=O)[O-].[Na+]. The fourth-order valence-electron chi connectivity index (χ4n) is 1.15. The van der Waals surface area contributed by atoms with Crippen LogP contribution in [0.4, 0.5) is 0 Å². The molecule has 0 atom stereocenters. The van der Waals surface area contributed by atoms with Crippen molar-refractivity contribution >= 4 is 20.2 Å². The Morgan fingerprint density at radius 1 is 0.895 bits per heavy atom. The van der Waals surface area contributed by atoms with Crippen molar-refractivity contribution in [3.8, 4) is 0 Å². The Balaban J connectivity index is 0. The van der Waals surface area contributed by atoms with Crippen LogP contribution in [0.5, 0.6) is 0 Å². The van der Waals surface area contributed by atoms with E-state index in [0.29, 0.717) is 32.5 Å². The van der Waals surface area contributed by atoms with E-state index in [4.69, 9.17) is 4.74 Å². The molecule has 0 spiro atoms. The Kier molecular flexibility index (Phi) is 13.3. The molecule has 0 unspecified atom stereocenters. The van der Waals surface area contributed by atoms with Crippen molar-refractivity contribution in [2.24, 2.45) is 0 Å². The predicted molar refractivity (Wildman–Crippen MR) is 64.6 cm³/mol. The minimum atomic E-state index is -4.13. The zero-order valence-electron chi connectivity index (χ0n) is 11.3. The van der Waals surface area contributed by atoms with Gasteiger partial charge >= 0.3 is 29.6 Å². The van der Waals surface area contributed by atoms with Crippen LogP contribution in [0.3, 0.4) is 0 Å². The Bertz CT molecular complexity index is 404. The standard InChI is InChI=1S/C9H20O7S2.Na/c1-15-18(13,14)9-5-3-7-16-6-2-4-8-17(10,11)12;/h2-9H2,1H3,(H,10,11,12);/q;+1/p-1. The molecule has 0 saturated carbocycles. The summed E-state index contributed by atoms with van der Waals surface area (Å²) < 4.78 is 62.1. The van der Waals surface area contributed by atoms with Gasteiger partial charge in [0.25, 0.3) is 10.1 Å². The summed E-state index contributed by atoms with van der Waals surface area (Å²) in [4.78, 5) is 0. The summed E-state index contributed by atoms with van der Waals surface area (Å²) in [5, 5.41) is 0. The van der Waals surface area contributed by atoms with Crippen LogP contribution in [-0.4, -0.2) is 53.2 Å². The van der Waals surface area contributed by atoms with E-state index in [0.717, 1.165) is 7.11 Å². The van der Waals surface area contributed by atoms with E-state index in [1.165, 1.54) is 0 Å². The molecule has 0 rings (SSSR count). The Morgan fingerprint density at radius 2 is 1.37 bits per heavy atom. The molecular weight excluding hydrogens is 307 g/mol. The molecule has 0 aliphatic heterocycles. The van der Waals surface area contributed by atoms with Crippen LogP contribution in [0, 0.1) is 0 Å². The fraction of sp³-hybridized carbons (Fsp3) is 1.00. The molecule has 0 heterocycles. The monoisotopic (exact) mass is 326 g/mol. The molecule has 0 N–H and O–H groups in total. The second-order valence-corrected chi connectivity index (χ2v) is 7.10. The Morgan fingerprint density at radius 3 is 1.79 bits per heavy atom. The molecule has 0 saturated heterocycles. The first-order valence-electron chi connectivity index (χ1n) is 5.56. The number of unbranched alkanes of at least 4 members (excludes halogenated alkanes) is 2. The molecule has 0 fully saturated rings. The molecule has 0 aromatic heterocycles. The minimum Gasteiger partial charge on any atom is -0.748 e. The normalized spacial score (nSPS) is 12.1. The third-order valence-electron chi connectivity index (χ3n) is 2.12. The summed E-state index contributed by atoms with van der Waals surface area (Å²) in [6.45, 7) is 0.774. The van der Waals surface area contributed by atoms with Gasteiger partial charge in [0, 0.05) is 19.0 Å². The summed E-state index contributed by atoms with van der Waals surface area (Å²) in [7, 11) is -6.40. The molecule has 0 radical (unpaired) electrons. The van der Waals surface area contributed by atoms with Gasteiger partial charge in [-0.3, -0.25) is 4.18 Å². The van der Waals surface area contributed by atoms with Gasteiger partial charge in [-0.1, -0.05) is 0 Å². The van der Waals surface area contributed by atoms with Gasteiger partial charge < -0.3 is 9.29 Å². The van der Waals surface area contributed by atoms with Gasteiger partial charge in [0.05, 0.1) is 23.0 Å². The average molecular weight is 326 g/mol. The molecule has 0 aliphatic rings. The van der Waals surface area contributed by atoms with Gasteiger partial charge in [-0.05, 0) is 25.7 Å². The van der Waals surface area contributed by atoms with Crippen molar-refractivity contribution in [2.75, 3.05) is 31.8 Å². The predicted octanol–water partition coefficient (Wildman–Crippen LogP) is -2.91. The largest absolute Gasteiger partial charge is 1.00 e. The van der Waals surface area contributed by atoms with Crippen molar-refractivity contribution in [3.63, 3.8) is 0 Å². The molecule has 0 bridgehead atoms. The molecule has 10 heteroatoms.